The lowest BCUT2D eigenvalue weighted by molar-refractivity contribution is 0.480. The summed E-state index contributed by atoms with van der Waals surface area (Å²) in [5.41, 5.74) is 2.95. The molecule has 0 bridgehead atoms. The van der Waals surface area contributed by atoms with Crippen molar-refractivity contribution in [2.24, 2.45) is 0 Å². The maximum Gasteiger partial charge on any atom is 0.0514 e. The summed E-state index contributed by atoms with van der Waals surface area (Å²) in [4.78, 5) is 0. The van der Waals surface area contributed by atoms with Gasteiger partial charge in [-0.25, -0.2) is 0 Å². The predicted octanol–water partition coefficient (Wildman–Crippen LogP) is 6.80. The second kappa shape index (κ2) is 9.50. The number of hydrogen-bond donors (Lipinski definition) is 0. The van der Waals surface area contributed by atoms with Gasteiger partial charge in [0.1, 0.15) is 0 Å². The molecule has 0 aromatic heterocycles. The standard InChI is InChI=1S/C19H31S/c1-4-7-12-17-13-10-11-14-18(17)19(20,15-8-5-2)16-9-6-3/h10-11,13-14H,4-9,12,15-16H2,1-3H3. The molecule has 0 spiro atoms. The van der Waals surface area contributed by atoms with Crippen LogP contribution in [0, 0.1) is 0 Å². The Balaban J connectivity index is 2.98. The molecule has 0 aliphatic rings. The van der Waals surface area contributed by atoms with E-state index in [1.165, 1.54) is 56.1 Å². The summed E-state index contributed by atoms with van der Waals surface area (Å²) in [6.07, 6.45) is 11.0. The summed E-state index contributed by atoms with van der Waals surface area (Å²) in [6.45, 7) is 6.79. The van der Waals surface area contributed by atoms with Gasteiger partial charge in [-0.2, -0.15) is 0 Å². The highest BCUT2D eigenvalue weighted by molar-refractivity contribution is 7.81. The molecular formula is C19H31S. The third-order valence-corrected chi connectivity index (χ3v) is 4.80. The molecule has 0 saturated carbocycles. The predicted molar refractivity (Wildman–Crippen MR) is 93.4 cm³/mol. The summed E-state index contributed by atoms with van der Waals surface area (Å²) in [7, 11) is 0. The lowest BCUT2D eigenvalue weighted by Gasteiger charge is -2.30. The summed E-state index contributed by atoms with van der Waals surface area (Å²) in [5, 5.41) is 0. The average Bonchev–Trinajstić information content (AvgIpc) is 2.49. The lowest BCUT2D eigenvalue weighted by Crippen LogP contribution is -2.21. The van der Waals surface area contributed by atoms with Crippen molar-refractivity contribution in [1.82, 2.24) is 0 Å². The first kappa shape index (κ1) is 17.6. The Kier molecular flexibility index (Phi) is 8.37. The highest BCUT2D eigenvalue weighted by Gasteiger charge is 2.29. The molecule has 0 nitrogen and oxygen atoms in total. The SMILES string of the molecule is CCCCc1ccccc1C([S])(CCCC)CCCC. The van der Waals surface area contributed by atoms with Gasteiger partial charge in [0.25, 0.3) is 0 Å². The van der Waals surface area contributed by atoms with Gasteiger partial charge in [0.05, 0.1) is 4.75 Å². The van der Waals surface area contributed by atoms with E-state index in [9.17, 15) is 0 Å². The smallest absolute Gasteiger partial charge is 0.0514 e. The number of benzene rings is 1. The molecule has 1 heteroatoms. The van der Waals surface area contributed by atoms with Crippen LogP contribution in [0.25, 0.3) is 0 Å². The highest BCUT2D eigenvalue weighted by Crippen LogP contribution is 2.41. The van der Waals surface area contributed by atoms with Gasteiger partial charge >= 0.3 is 0 Å². The van der Waals surface area contributed by atoms with E-state index in [-0.39, 0.29) is 4.75 Å². The molecule has 20 heavy (non-hydrogen) atoms. The zero-order valence-electron chi connectivity index (χ0n) is 13.6. The fourth-order valence-electron chi connectivity index (χ4n) is 2.87. The zero-order chi connectivity index (χ0) is 14.8. The second-order valence-electron chi connectivity index (χ2n) is 5.96. The van der Waals surface area contributed by atoms with Crippen molar-refractivity contribution in [2.45, 2.75) is 83.3 Å². The van der Waals surface area contributed by atoms with Crippen LogP contribution in [0.15, 0.2) is 24.3 Å². The maximum absolute atomic E-state index is 6.14. The molecule has 0 heterocycles. The minimum atomic E-state index is -0.0314. The van der Waals surface area contributed by atoms with Crippen LogP contribution in [0.1, 0.15) is 83.3 Å². The van der Waals surface area contributed by atoms with Gasteiger partial charge in [-0.1, -0.05) is 89.8 Å². The van der Waals surface area contributed by atoms with E-state index in [1.54, 1.807) is 0 Å². The van der Waals surface area contributed by atoms with Gasteiger partial charge in [0.2, 0.25) is 0 Å². The van der Waals surface area contributed by atoms with Crippen LogP contribution in [-0.2, 0) is 11.2 Å². The van der Waals surface area contributed by atoms with E-state index in [0.717, 1.165) is 12.8 Å². The Morgan fingerprint density at radius 3 is 1.95 bits per heavy atom. The number of hydrogen-bond acceptors (Lipinski definition) is 0. The zero-order valence-corrected chi connectivity index (χ0v) is 14.4. The minimum absolute atomic E-state index is 0.0314. The Labute approximate surface area is 131 Å². The number of rotatable bonds is 10. The van der Waals surface area contributed by atoms with Crippen molar-refractivity contribution < 1.29 is 0 Å². The van der Waals surface area contributed by atoms with Crippen LogP contribution in [0.2, 0.25) is 0 Å². The Morgan fingerprint density at radius 2 is 1.40 bits per heavy atom. The van der Waals surface area contributed by atoms with Crippen molar-refractivity contribution in [3.63, 3.8) is 0 Å². The van der Waals surface area contributed by atoms with Gasteiger partial charge in [-0.3, -0.25) is 0 Å². The molecule has 0 aliphatic heterocycles. The number of unbranched alkanes of at least 4 members (excludes halogenated alkanes) is 3. The Hall–Kier alpha value is -0.430. The van der Waals surface area contributed by atoms with Crippen LogP contribution in [0.4, 0.5) is 0 Å². The van der Waals surface area contributed by atoms with E-state index in [2.05, 4.69) is 45.0 Å². The molecule has 113 valence electrons. The first-order valence-electron chi connectivity index (χ1n) is 8.46. The second-order valence-corrected chi connectivity index (χ2v) is 6.74. The number of aryl methyl sites for hydroxylation is 1. The highest BCUT2D eigenvalue weighted by atomic mass is 32.1. The molecule has 1 aromatic rings. The van der Waals surface area contributed by atoms with Crippen LogP contribution in [-0.4, -0.2) is 0 Å². The third-order valence-electron chi connectivity index (χ3n) is 4.18. The molecule has 0 saturated heterocycles. The normalized spacial score (nSPS) is 11.8. The van der Waals surface area contributed by atoms with Gasteiger partial charge in [0.15, 0.2) is 0 Å². The third kappa shape index (κ3) is 5.16. The monoisotopic (exact) mass is 291 g/mol. The van der Waals surface area contributed by atoms with E-state index in [4.69, 9.17) is 12.6 Å². The first-order valence-corrected chi connectivity index (χ1v) is 8.87. The van der Waals surface area contributed by atoms with Crippen molar-refractivity contribution in [3.8, 4) is 0 Å². The lowest BCUT2D eigenvalue weighted by atomic mass is 9.84. The molecule has 0 amide bonds. The van der Waals surface area contributed by atoms with Crippen LogP contribution in [0.5, 0.6) is 0 Å². The van der Waals surface area contributed by atoms with Gasteiger partial charge in [-0.05, 0) is 36.8 Å². The van der Waals surface area contributed by atoms with Crippen molar-refractivity contribution in [1.29, 1.82) is 0 Å². The summed E-state index contributed by atoms with van der Waals surface area (Å²) in [6, 6.07) is 8.93. The molecular weight excluding hydrogens is 260 g/mol. The molecule has 0 unspecified atom stereocenters. The Bertz CT molecular complexity index is 362. The minimum Gasteiger partial charge on any atom is -0.0815 e. The molecule has 0 atom stereocenters. The molecule has 0 fully saturated rings. The van der Waals surface area contributed by atoms with E-state index < -0.39 is 0 Å². The fraction of sp³-hybridized carbons (Fsp3) is 0.684. The summed E-state index contributed by atoms with van der Waals surface area (Å²) in [5.74, 6) is 0. The van der Waals surface area contributed by atoms with Crippen molar-refractivity contribution in [3.05, 3.63) is 35.4 Å². The van der Waals surface area contributed by atoms with E-state index >= 15 is 0 Å². The van der Waals surface area contributed by atoms with Crippen LogP contribution in [0.3, 0.4) is 0 Å². The van der Waals surface area contributed by atoms with Crippen molar-refractivity contribution in [2.75, 3.05) is 0 Å². The van der Waals surface area contributed by atoms with Crippen LogP contribution >= 0.6 is 12.6 Å². The Morgan fingerprint density at radius 1 is 0.850 bits per heavy atom. The molecule has 0 aliphatic carbocycles. The fourth-order valence-corrected chi connectivity index (χ4v) is 3.36. The van der Waals surface area contributed by atoms with Gasteiger partial charge in [0, 0.05) is 0 Å². The molecule has 1 radical (unpaired) electrons. The molecule has 1 aromatic carbocycles. The summed E-state index contributed by atoms with van der Waals surface area (Å²) < 4.78 is -0.0314. The van der Waals surface area contributed by atoms with Crippen molar-refractivity contribution >= 4 is 12.6 Å². The van der Waals surface area contributed by atoms with E-state index in [0.29, 0.717) is 0 Å². The van der Waals surface area contributed by atoms with Gasteiger partial charge in [-0.15, -0.1) is 0 Å². The topological polar surface area (TPSA) is 0 Å². The maximum atomic E-state index is 6.14. The van der Waals surface area contributed by atoms with Gasteiger partial charge < -0.3 is 0 Å². The molecule has 1 rings (SSSR count). The van der Waals surface area contributed by atoms with Crippen LogP contribution < -0.4 is 0 Å². The summed E-state index contributed by atoms with van der Waals surface area (Å²) >= 11 is 6.14. The average molecular weight is 292 g/mol. The molecule has 0 N–H and O–H groups in total. The first-order chi connectivity index (χ1) is 9.68. The van der Waals surface area contributed by atoms with E-state index in [1.807, 2.05) is 0 Å². The largest absolute Gasteiger partial charge is 0.0815 e. The quantitative estimate of drug-likeness (QED) is 0.444.